The average molecular weight is 290 g/mol. The second-order valence-corrected chi connectivity index (χ2v) is 5.92. The second kappa shape index (κ2) is 8.15. The maximum Gasteiger partial charge on any atom is 0.220 e. The molecule has 0 aliphatic carbocycles. The molecule has 0 radical (unpaired) electrons. The summed E-state index contributed by atoms with van der Waals surface area (Å²) < 4.78 is 5.94. The van der Waals surface area contributed by atoms with Crippen LogP contribution in [0.1, 0.15) is 44.3 Å². The molecule has 3 atom stereocenters. The third kappa shape index (κ3) is 5.14. The molecule has 3 unspecified atom stereocenters. The van der Waals surface area contributed by atoms with Crippen LogP contribution >= 0.6 is 0 Å². The maximum absolute atomic E-state index is 11.8. The predicted octanol–water partition coefficient (Wildman–Crippen LogP) is 2.40. The maximum atomic E-state index is 11.8. The molecule has 4 nitrogen and oxygen atoms in total. The molecule has 1 heterocycles. The molecule has 1 fully saturated rings. The lowest BCUT2D eigenvalue weighted by Gasteiger charge is -2.32. The smallest absolute Gasteiger partial charge is 0.220 e. The van der Waals surface area contributed by atoms with Crippen molar-refractivity contribution in [2.45, 2.75) is 44.8 Å². The number of carbonyl (C=O) groups excluding carboxylic acids is 1. The van der Waals surface area contributed by atoms with E-state index in [9.17, 15) is 4.79 Å². The van der Waals surface area contributed by atoms with Crippen molar-refractivity contribution in [3.63, 3.8) is 0 Å². The van der Waals surface area contributed by atoms with Gasteiger partial charge in [-0.15, -0.1) is 0 Å². The van der Waals surface area contributed by atoms with Gasteiger partial charge in [0.15, 0.2) is 0 Å². The number of hydrogen-bond donors (Lipinski definition) is 2. The largest absolute Gasteiger partial charge is 0.373 e. The summed E-state index contributed by atoms with van der Waals surface area (Å²) in [6, 6.07) is 10.3. The first-order valence-corrected chi connectivity index (χ1v) is 7.85. The molecule has 2 rings (SSSR count). The van der Waals surface area contributed by atoms with Crippen LogP contribution in [0.5, 0.6) is 0 Å². The van der Waals surface area contributed by atoms with E-state index in [1.807, 2.05) is 25.1 Å². The molecule has 1 aliphatic heterocycles. The van der Waals surface area contributed by atoms with E-state index < -0.39 is 0 Å². The van der Waals surface area contributed by atoms with E-state index in [1.54, 1.807) is 0 Å². The summed E-state index contributed by atoms with van der Waals surface area (Å²) in [6.07, 6.45) is 3.47. The number of nitrogens with two attached hydrogens (primary N) is 1. The number of hydrogen-bond acceptors (Lipinski definition) is 3. The van der Waals surface area contributed by atoms with Gasteiger partial charge in [0.1, 0.15) is 0 Å². The van der Waals surface area contributed by atoms with Gasteiger partial charge in [-0.3, -0.25) is 4.79 Å². The van der Waals surface area contributed by atoms with Gasteiger partial charge in [0.25, 0.3) is 0 Å². The third-order valence-corrected chi connectivity index (χ3v) is 3.96. The minimum Gasteiger partial charge on any atom is -0.373 e. The van der Waals surface area contributed by atoms with E-state index in [0.717, 1.165) is 25.9 Å². The molecule has 1 saturated heterocycles. The fourth-order valence-electron chi connectivity index (χ4n) is 2.76. The molecule has 3 N–H and O–H groups in total. The molecule has 1 amide bonds. The van der Waals surface area contributed by atoms with Crippen molar-refractivity contribution in [3.05, 3.63) is 35.9 Å². The van der Waals surface area contributed by atoms with Gasteiger partial charge < -0.3 is 15.8 Å². The number of rotatable bonds is 6. The Morgan fingerprint density at radius 3 is 2.90 bits per heavy atom. The number of benzene rings is 1. The molecule has 0 spiro atoms. The molecular formula is C17H26N2O2. The van der Waals surface area contributed by atoms with Crippen LogP contribution in [-0.2, 0) is 9.53 Å². The quantitative estimate of drug-likeness (QED) is 0.845. The van der Waals surface area contributed by atoms with Crippen LogP contribution in [-0.4, -0.2) is 25.1 Å². The zero-order chi connectivity index (χ0) is 15.1. The Morgan fingerprint density at radius 2 is 2.19 bits per heavy atom. The summed E-state index contributed by atoms with van der Waals surface area (Å²) in [5.41, 5.74) is 6.88. The van der Waals surface area contributed by atoms with Crippen molar-refractivity contribution in [2.24, 2.45) is 11.7 Å². The highest BCUT2D eigenvalue weighted by molar-refractivity contribution is 5.75. The van der Waals surface area contributed by atoms with Crippen LogP contribution in [0.2, 0.25) is 0 Å². The van der Waals surface area contributed by atoms with Crippen molar-refractivity contribution in [1.29, 1.82) is 0 Å². The third-order valence-electron chi connectivity index (χ3n) is 3.96. The number of ether oxygens (including phenoxy) is 1. The zero-order valence-electron chi connectivity index (χ0n) is 12.8. The highest BCUT2D eigenvalue weighted by atomic mass is 16.5. The Kier molecular flexibility index (Phi) is 6.21. The highest BCUT2D eigenvalue weighted by Crippen LogP contribution is 2.33. The van der Waals surface area contributed by atoms with Crippen molar-refractivity contribution in [2.75, 3.05) is 13.2 Å². The van der Waals surface area contributed by atoms with Gasteiger partial charge in [-0.05, 0) is 31.7 Å². The van der Waals surface area contributed by atoms with Gasteiger partial charge in [0.05, 0.1) is 6.10 Å². The second-order valence-electron chi connectivity index (χ2n) is 5.92. The first-order chi connectivity index (χ1) is 10.2. The van der Waals surface area contributed by atoms with Crippen LogP contribution in [0, 0.1) is 5.92 Å². The van der Waals surface area contributed by atoms with Crippen LogP contribution in [0.4, 0.5) is 0 Å². The molecule has 1 aromatic rings. The van der Waals surface area contributed by atoms with Crippen molar-refractivity contribution >= 4 is 5.91 Å². The molecular weight excluding hydrogens is 264 g/mol. The fourth-order valence-corrected chi connectivity index (χ4v) is 2.76. The van der Waals surface area contributed by atoms with E-state index in [2.05, 4.69) is 17.4 Å². The summed E-state index contributed by atoms with van der Waals surface area (Å²) in [5.74, 6) is 0.435. The lowest BCUT2D eigenvalue weighted by molar-refractivity contribution is -0.122. The average Bonchev–Trinajstić information content (AvgIpc) is 2.52. The molecule has 0 aromatic heterocycles. The van der Waals surface area contributed by atoms with Crippen molar-refractivity contribution in [3.8, 4) is 0 Å². The van der Waals surface area contributed by atoms with Gasteiger partial charge in [-0.2, -0.15) is 0 Å². The fraction of sp³-hybridized carbons (Fsp3) is 0.588. The van der Waals surface area contributed by atoms with E-state index in [4.69, 9.17) is 10.5 Å². The van der Waals surface area contributed by atoms with Gasteiger partial charge in [-0.25, -0.2) is 0 Å². The summed E-state index contributed by atoms with van der Waals surface area (Å²) in [7, 11) is 0. The molecule has 4 heteroatoms. The van der Waals surface area contributed by atoms with Gasteiger partial charge in [-0.1, -0.05) is 30.3 Å². The molecule has 21 heavy (non-hydrogen) atoms. The minimum atomic E-state index is 0.0748. The van der Waals surface area contributed by atoms with Crippen molar-refractivity contribution < 1.29 is 9.53 Å². The summed E-state index contributed by atoms with van der Waals surface area (Å²) >= 11 is 0. The Morgan fingerprint density at radius 1 is 1.43 bits per heavy atom. The Balaban J connectivity index is 1.86. The molecule has 1 aliphatic rings. The Bertz CT molecular complexity index is 434. The highest BCUT2D eigenvalue weighted by Gasteiger charge is 2.27. The number of carbonyl (C=O) groups is 1. The Hall–Kier alpha value is -1.39. The molecule has 0 bridgehead atoms. The minimum absolute atomic E-state index is 0.0748. The first kappa shape index (κ1) is 16.0. The van der Waals surface area contributed by atoms with Crippen LogP contribution in [0.15, 0.2) is 30.3 Å². The molecule has 0 saturated carbocycles. The Labute approximate surface area is 127 Å². The topological polar surface area (TPSA) is 64.4 Å². The number of nitrogens with one attached hydrogen (secondary N) is 1. The SMILES string of the molecule is CC(N)CCC(=O)NCC1CCCOC1c1ccccc1. The van der Waals surface area contributed by atoms with Crippen LogP contribution in [0.25, 0.3) is 0 Å². The lowest BCUT2D eigenvalue weighted by Crippen LogP contribution is -2.35. The monoisotopic (exact) mass is 290 g/mol. The van der Waals surface area contributed by atoms with E-state index in [-0.39, 0.29) is 18.1 Å². The normalized spacial score (nSPS) is 23.5. The van der Waals surface area contributed by atoms with E-state index in [0.29, 0.717) is 18.9 Å². The van der Waals surface area contributed by atoms with Gasteiger partial charge in [0.2, 0.25) is 5.91 Å². The predicted molar refractivity (Wildman–Crippen MR) is 83.8 cm³/mol. The standard InChI is InChI=1S/C17H26N2O2/c1-13(18)9-10-16(20)19-12-15-8-5-11-21-17(15)14-6-3-2-4-7-14/h2-4,6-7,13,15,17H,5,8-12,18H2,1H3,(H,19,20). The summed E-state index contributed by atoms with van der Waals surface area (Å²) in [5, 5.41) is 3.03. The van der Waals surface area contributed by atoms with Gasteiger partial charge in [0, 0.05) is 31.5 Å². The van der Waals surface area contributed by atoms with Crippen molar-refractivity contribution in [1.82, 2.24) is 5.32 Å². The molecule has 1 aromatic carbocycles. The van der Waals surface area contributed by atoms with E-state index in [1.165, 1.54) is 5.56 Å². The lowest BCUT2D eigenvalue weighted by atomic mass is 9.89. The zero-order valence-corrected chi connectivity index (χ0v) is 12.8. The summed E-state index contributed by atoms with van der Waals surface area (Å²) in [4.78, 5) is 11.8. The van der Waals surface area contributed by atoms with Crippen LogP contribution in [0.3, 0.4) is 0 Å². The van der Waals surface area contributed by atoms with E-state index >= 15 is 0 Å². The summed E-state index contributed by atoms with van der Waals surface area (Å²) in [6.45, 7) is 3.40. The van der Waals surface area contributed by atoms with Crippen LogP contribution < -0.4 is 11.1 Å². The van der Waals surface area contributed by atoms with Gasteiger partial charge >= 0.3 is 0 Å². The molecule has 116 valence electrons. The number of amides is 1. The first-order valence-electron chi connectivity index (χ1n) is 7.85.